The van der Waals surface area contributed by atoms with E-state index in [1.807, 2.05) is 0 Å². The van der Waals surface area contributed by atoms with Gasteiger partial charge in [-0.15, -0.1) is 6.01 Å². The first-order chi connectivity index (χ1) is 3.81. The van der Waals surface area contributed by atoms with Gasteiger partial charge in [0.15, 0.2) is 5.91 Å². The molecule has 4 heteroatoms. The Morgan fingerprint density at radius 3 is 2.88 bits per heavy atom. The van der Waals surface area contributed by atoms with Crippen LogP contribution in [0, 0.1) is 11.3 Å². The molecule has 0 N–H and O–H groups in total. The highest BCUT2D eigenvalue weighted by atomic mass is 16.1. The van der Waals surface area contributed by atoms with Crippen molar-refractivity contribution in [2.24, 2.45) is 4.99 Å². The molecule has 0 aliphatic rings. The molecule has 0 aliphatic heterocycles. The third kappa shape index (κ3) is 2.76. The van der Waals surface area contributed by atoms with Crippen LogP contribution in [0.25, 0.3) is 5.41 Å². The average Bonchev–Trinajstić information content (AvgIpc) is 1.68. The fourth-order valence-electron chi connectivity index (χ4n) is 0.163. The maximum absolute atomic E-state index is 10.0. The van der Waals surface area contributed by atoms with Crippen molar-refractivity contribution in [2.45, 2.75) is 6.42 Å². The predicted octanol–water partition coefficient (Wildman–Crippen LogP) is 0.170. The molecule has 0 aromatic carbocycles. The topological polar surface area (TPSA) is 75.5 Å². The van der Waals surface area contributed by atoms with Crippen molar-refractivity contribution in [3.63, 3.8) is 0 Å². The van der Waals surface area contributed by atoms with Crippen LogP contribution in [-0.4, -0.2) is 11.9 Å². The summed E-state index contributed by atoms with van der Waals surface area (Å²) in [5.74, 6) is -0.685. The zero-order chi connectivity index (χ0) is 6.41. The fourth-order valence-corrected chi connectivity index (χ4v) is 0.163. The van der Waals surface area contributed by atoms with E-state index in [1.54, 1.807) is 6.07 Å². The van der Waals surface area contributed by atoms with Crippen molar-refractivity contribution < 1.29 is 4.79 Å². The molecule has 0 rings (SSSR count). The van der Waals surface area contributed by atoms with Gasteiger partial charge < -0.3 is 10.4 Å². The van der Waals surface area contributed by atoms with Gasteiger partial charge in [0.05, 0.1) is 12.5 Å². The normalized spacial score (nSPS) is 6.38. The maximum atomic E-state index is 10.0. The Bertz CT molecular complexity index is 172. The molecular formula is C4H2N3O-. The number of rotatable bonds is 1. The van der Waals surface area contributed by atoms with Gasteiger partial charge in [-0.1, -0.05) is 0 Å². The first-order valence-electron chi connectivity index (χ1n) is 1.81. The van der Waals surface area contributed by atoms with Crippen LogP contribution in [-0.2, 0) is 4.79 Å². The lowest BCUT2D eigenvalue weighted by Crippen LogP contribution is -1.87. The van der Waals surface area contributed by atoms with Crippen molar-refractivity contribution in [1.82, 2.24) is 0 Å². The highest BCUT2D eigenvalue weighted by Crippen LogP contribution is 1.77. The molecule has 0 saturated carbocycles. The molecular weight excluding hydrogens is 106 g/mol. The van der Waals surface area contributed by atoms with Gasteiger partial charge in [-0.3, -0.25) is 4.79 Å². The zero-order valence-electron chi connectivity index (χ0n) is 3.96. The van der Waals surface area contributed by atoms with Crippen molar-refractivity contribution in [2.75, 3.05) is 0 Å². The third-order valence-electron chi connectivity index (χ3n) is 0.405. The summed E-state index contributed by atoms with van der Waals surface area (Å²) in [6, 6.07) is 2.83. The van der Waals surface area contributed by atoms with E-state index in [9.17, 15) is 4.79 Å². The summed E-state index contributed by atoms with van der Waals surface area (Å²) in [5, 5.41) is 15.5. The van der Waals surface area contributed by atoms with Gasteiger partial charge >= 0.3 is 0 Å². The molecule has 0 radical (unpaired) electrons. The van der Waals surface area contributed by atoms with Crippen LogP contribution in [0.3, 0.4) is 0 Å². The molecule has 0 fully saturated rings. The van der Waals surface area contributed by atoms with E-state index in [-0.39, 0.29) is 6.42 Å². The molecule has 0 aromatic rings. The van der Waals surface area contributed by atoms with E-state index >= 15 is 0 Å². The Morgan fingerprint density at radius 2 is 2.50 bits per heavy atom. The number of nitrogens with zero attached hydrogens (tertiary/aromatic N) is 3. The van der Waals surface area contributed by atoms with Crippen LogP contribution in [0.5, 0.6) is 0 Å². The summed E-state index contributed by atoms with van der Waals surface area (Å²) in [6.07, 6.45) is -0.312. The molecule has 40 valence electrons. The smallest absolute Gasteiger partial charge is 0.167 e. The Hall–Kier alpha value is -1.46. The van der Waals surface area contributed by atoms with E-state index in [2.05, 4.69) is 4.99 Å². The first-order valence-corrected chi connectivity index (χ1v) is 1.81. The van der Waals surface area contributed by atoms with Crippen LogP contribution in [0.1, 0.15) is 6.42 Å². The molecule has 0 saturated heterocycles. The molecule has 0 heterocycles. The maximum Gasteiger partial charge on any atom is 0.167 e. The standard InChI is InChI=1S/C4H2N3O/c5-2-1-4(8)7-3-6/h1H2/q-1. The van der Waals surface area contributed by atoms with Gasteiger partial charge in [-0.25, -0.2) is 0 Å². The number of carbonyl (C=O) groups is 1. The zero-order valence-corrected chi connectivity index (χ0v) is 3.96. The van der Waals surface area contributed by atoms with E-state index in [0.29, 0.717) is 0 Å². The largest absolute Gasteiger partial charge is 0.422 e. The lowest BCUT2D eigenvalue weighted by molar-refractivity contribution is -0.116. The van der Waals surface area contributed by atoms with Gasteiger partial charge in [-0.2, -0.15) is 5.26 Å². The van der Waals surface area contributed by atoms with E-state index < -0.39 is 5.91 Å². The highest BCUT2D eigenvalue weighted by molar-refractivity contribution is 5.84. The van der Waals surface area contributed by atoms with Crippen LogP contribution in [0.2, 0.25) is 0 Å². The SMILES string of the molecule is N#CCC(=O)N=C=[N-]. The Labute approximate surface area is 46.0 Å². The lowest BCUT2D eigenvalue weighted by Gasteiger charge is -1.83. The monoisotopic (exact) mass is 108 g/mol. The number of aliphatic imine (C=N–C) groups is 1. The molecule has 4 nitrogen and oxygen atoms in total. The number of hydrogen-bond donors (Lipinski definition) is 0. The Balaban J connectivity index is 3.70. The molecule has 0 aromatic heterocycles. The van der Waals surface area contributed by atoms with Gasteiger partial charge in [0, 0.05) is 0 Å². The van der Waals surface area contributed by atoms with Crippen molar-refractivity contribution >= 4 is 11.9 Å². The minimum absolute atomic E-state index is 0.312. The van der Waals surface area contributed by atoms with E-state index in [4.69, 9.17) is 10.7 Å². The van der Waals surface area contributed by atoms with Gasteiger partial charge in [0.25, 0.3) is 0 Å². The van der Waals surface area contributed by atoms with Crippen LogP contribution >= 0.6 is 0 Å². The second kappa shape index (κ2) is 3.72. The number of hydrogen-bond acceptors (Lipinski definition) is 2. The second-order valence-electron chi connectivity index (χ2n) is 0.940. The summed E-state index contributed by atoms with van der Waals surface area (Å²) in [5.41, 5.74) is 0. The molecule has 0 unspecified atom stereocenters. The minimum atomic E-state index is -0.685. The van der Waals surface area contributed by atoms with Crippen LogP contribution < -0.4 is 0 Å². The van der Waals surface area contributed by atoms with Crippen molar-refractivity contribution in [3.05, 3.63) is 5.41 Å². The summed E-state index contributed by atoms with van der Waals surface area (Å²) in [4.78, 5) is 12.8. The average molecular weight is 108 g/mol. The highest BCUT2D eigenvalue weighted by Gasteiger charge is 1.83. The molecule has 0 atom stereocenters. The molecule has 8 heavy (non-hydrogen) atoms. The molecule has 0 aliphatic carbocycles. The Kier molecular flexibility index (Phi) is 3.04. The predicted molar refractivity (Wildman–Crippen MR) is 26.0 cm³/mol. The summed E-state index contributed by atoms with van der Waals surface area (Å²) < 4.78 is 0. The summed E-state index contributed by atoms with van der Waals surface area (Å²) >= 11 is 0. The Morgan fingerprint density at radius 1 is 1.88 bits per heavy atom. The van der Waals surface area contributed by atoms with Gasteiger partial charge in [0.2, 0.25) is 0 Å². The minimum Gasteiger partial charge on any atom is -0.422 e. The number of amides is 1. The van der Waals surface area contributed by atoms with Gasteiger partial charge in [-0.05, 0) is 0 Å². The third-order valence-corrected chi connectivity index (χ3v) is 0.405. The number of carbonyl (C=O) groups excluding carboxylic acids is 1. The molecule has 1 amide bonds. The number of nitriles is 1. The van der Waals surface area contributed by atoms with Gasteiger partial charge in [0.1, 0.15) is 0 Å². The van der Waals surface area contributed by atoms with Crippen molar-refractivity contribution in [3.8, 4) is 6.07 Å². The fraction of sp³-hybridized carbons (Fsp3) is 0.250. The molecule has 0 bridgehead atoms. The quantitative estimate of drug-likeness (QED) is 0.449. The van der Waals surface area contributed by atoms with Crippen LogP contribution in [0.15, 0.2) is 4.99 Å². The first kappa shape index (κ1) is 6.54. The summed E-state index contributed by atoms with van der Waals surface area (Å²) in [7, 11) is 0. The summed E-state index contributed by atoms with van der Waals surface area (Å²) in [6.45, 7) is 0. The molecule has 0 spiro atoms. The van der Waals surface area contributed by atoms with E-state index in [1.165, 1.54) is 6.01 Å². The second-order valence-corrected chi connectivity index (χ2v) is 0.940. The van der Waals surface area contributed by atoms with Crippen molar-refractivity contribution in [1.29, 1.82) is 5.26 Å². The lowest BCUT2D eigenvalue weighted by atomic mass is 10.5. The van der Waals surface area contributed by atoms with Crippen LogP contribution in [0.4, 0.5) is 0 Å². The van der Waals surface area contributed by atoms with E-state index in [0.717, 1.165) is 0 Å².